The fourth-order valence-electron chi connectivity index (χ4n) is 4.26. The normalized spacial score (nSPS) is 16.1. The zero-order chi connectivity index (χ0) is 24.8. The third-order valence-electron chi connectivity index (χ3n) is 6.30. The largest absolute Gasteiger partial charge is 0.508 e. The van der Waals surface area contributed by atoms with E-state index in [1.54, 1.807) is 6.07 Å². The van der Waals surface area contributed by atoms with Gasteiger partial charge in [-0.15, -0.1) is 0 Å². The number of aromatic hydroxyl groups is 1. The van der Waals surface area contributed by atoms with E-state index in [2.05, 4.69) is 33.0 Å². The van der Waals surface area contributed by atoms with Gasteiger partial charge in [-0.3, -0.25) is 4.90 Å². The number of rotatable bonds is 5. The van der Waals surface area contributed by atoms with Crippen LogP contribution in [0.2, 0.25) is 0 Å². The molecule has 0 aromatic heterocycles. The number of hydrogen-bond acceptors (Lipinski definition) is 7. The van der Waals surface area contributed by atoms with E-state index in [0.717, 1.165) is 80.5 Å². The Bertz CT molecular complexity index is 1000. The molecule has 0 spiro atoms. The van der Waals surface area contributed by atoms with Crippen molar-refractivity contribution in [3.63, 3.8) is 0 Å². The van der Waals surface area contributed by atoms with Crippen molar-refractivity contribution in [3.05, 3.63) is 89.5 Å². The maximum Gasteiger partial charge on any atom is 0.123 e. The molecule has 1 heterocycles. The fraction of sp³-hybridized carbons (Fsp3) is 0.379. The molecular formula is C29H38N4O3. The van der Waals surface area contributed by atoms with E-state index in [1.807, 2.05) is 54.6 Å². The summed E-state index contributed by atoms with van der Waals surface area (Å²) in [6.07, 6.45) is 0. The summed E-state index contributed by atoms with van der Waals surface area (Å²) in [5, 5.41) is 20.6. The van der Waals surface area contributed by atoms with Crippen LogP contribution >= 0.6 is 0 Å². The number of nitrogens with one attached hydrogen (secondary N) is 3. The Kier molecular flexibility index (Phi) is 10.4. The Morgan fingerprint density at radius 2 is 1.31 bits per heavy atom. The monoisotopic (exact) mass is 490 g/mol. The van der Waals surface area contributed by atoms with Gasteiger partial charge in [-0.1, -0.05) is 54.6 Å². The predicted molar refractivity (Wildman–Crippen MR) is 144 cm³/mol. The van der Waals surface area contributed by atoms with Gasteiger partial charge in [-0.2, -0.15) is 0 Å². The van der Waals surface area contributed by atoms with Crippen molar-refractivity contribution in [2.24, 2.45) is 0 Å². The van der Waals surface area contributed by atoms with Gasteiger partial charge in [-0.25, -0.2) is 0 Å². The first-order valence-corrected chi connectivity index (χ1v) is 12.8. The van der Waals surface area contributed by atoms with Gasteiger partial charge in [0.25, 0.3) is 0 Å². The quantitative estimate of drug-likeness (QED) is 0.410. The van der Waals surface area contributed by atoms with E-state index in [0.29, 0.717) is 25.5 Å². The van der Waals surface area contributed by atoms with Crippen molar-refractivity contribution in [1.29, 1.82) is 0 Å². The molecule has 36 heavy (non-hydrogen) atoms. The van der Waals surface area contributed by atoms with Gasteiger partial charge < -0.3 is 30.5 Å². The van der Waals surface area contributed by atoms with Crippen molar-refractivity contribution in [2.45, 2.75) is 19.6 Å². The van der Waals surface area contributed by atoms with E-state index < -0.39 is 0 Å². The van der Waals surface area contributed by atoms with E-state index in [4.69, 9.17) is 9.47 Å². The lowest BCUT2D eigenvalue weighted by Gasteiger charge is -2.23. The molecule has 0 radical (unpaired) electrons. The fourth-order valence-corrected chi connectivity index (χ4v) is 4.26. The minimum atomic E-state index is 0.340. The van der Waals surface area contributed by atoms with Crippen LogP contribution in [0.5, 0.6) is 17.2 Å². The number of nitrogens with zero attached hydrogens (tertiary/aromatic N) is 1. The van der Waals surface area contributed by atoms with Crippen LogP contribution in [-0.4, -0.2) is 62.5 Å². The van der Waals surface area contributed by atoms with Crippen LogP contribution in [0.1, 0.15) is 16.7 Å². The van der Waals surface area contributed by atoms with Gasteiger partial charge in [0, 0.05) is 75.6 Å². The van der Waals surface area contributed by atoms with Crippen LogP contribution in [-0.2, 0) is 19.6 Å². The maximum absolute atomic E-state index is 9.99. The van der Waals surface area contributed by atoms with Crippen LogP contribution in [0.25, 0.3) is 0 Å². The molecule has 7 nitrogen and oxygen atoms in total. The summed E-state index contributed by atoms with van der Waals surface area (Å²) in [6.45, 7) is 8.63. The van der Waals surface area contributed by atoms with Gasteiger partial charge in [0.15, 0.2) is 0 Å². The number of phenolic OH excluding ortho intramolecular Hbond substituents is 1. The van der Waals surface area contributed by atoms with Crippen LogP contribution in [0.4, 0.5) is 0 Å². The summed E-state index contributed by atoms with van der Waals surface area (Å²) in [6, 6.07) is 23.8. The van der Waals surface area contributed by atoms with Crippen molar-refractivity contribution in [2.75, 3.05) is 52.5 Å². The molecule has 0 saturated carbocycles. The molecule has 4 N–H and O–H groups in total. The van der Waals surface area contributed by atoms with Gasteiger partial charge in [0.1, 0.15) is 30.5 Å². The number of para-hydroxylation sites is 3. The average Bonchev–Trinajstić information content (AvgIpc) is 2.91. The third-order valence-corrected chi connectivity index (χ3v) is 6.30. The second kappa shape index (κ2) is 14.5. The van der Waals surface area contributed by atoms with Crippen LogP contribution in [0.15, 0.2) is 72.8 Å². The second-order valence-corrected chi connectivity index (χ2v) is 8.91. The molecule has 0 bridgehead atoms. The lowest BCUT2D eigenvalue weighted by Crippen LogP contribution is -2.40. The summed E-state index contributed by atoms with van der Waals surface area (Å²) in [5.41, 5.74) is 3.23. The molecule has 0 aliphatic carbocycles. The lowest BCUT2D eigenvalue weighted by atomic mass is 10.2. The molecule has 0 saturated heterocycles. The lowest BCUT2D eigenvalue weighted by molar-refractivity contribution is 0.214. The molecule has 1 aliphatic heterocycles. The highest BCUT2D eigenvalue weighted by Crippen LogP contribution is 2.20. The van der Waals surface area contributed by atoms with E-state index in [9.17, 15) is 5.11 Å². The van der Waals surface area contributed by atoms with Crippen molar-refractivity contribution < 1.29 is 14.6 Å². The summed E-state index contributed by atoms with van der Waals surface area (Å²) in [4.78, 5) is 2.46. The molecule has 3 aromatic rings. The summed E-state index contributed by atoms with van der Waals surface area (Å²) >= 11 is 0. The topological polar surface area (TPSA) is 78.0 Å². The van der Waals surface area contributed by atoms with Crippen molar-refractivity contribution >= 4 is 0 Å². The molecule has 192 valence electrons. The predicted octanol–water partition coefficient (Wildman–Crippen LogP) is 3.13. The molecule has 0 fully saturated rings. The molecular weight excluding hydrogens is 452 g/mol. The summed E-state index contributed by atoms with van der Waals surface area (Å²) in [5.74, 6) is 2.14. The first-order valence-electron chi connectivity index (χ1n) is 12.8. The number of hydrogen-bond donors (Lipinski definition) is 4. The highest BCUT2D eigenvalue weighted by Gasteiger charge is 2.09. The van der Waals surface area contributed by atoms with Crippen LogP contribution in [0, 0.1) is 0 Å². The second-order valence-electron chi connectivity index (χ2n) is 8.91. The number of fused-ring (bicyclic) bond motifs is 2. The molecule has 4 rings (SSSR count). The molecule has 7 heteroatoms. The van der Waals surface area contributed by atoms with Gasteiger partial charge in [0.2, 0.25) is 0 Å². The average molecular weight is 491 g/mol. The van der Waals surface area contributed by atoms with Crippen LogP contribution < -0.4 is 25.4 Å². The zero-order valence-electron chi connectivity index (χ0n) is 20.9. The minimum Gasteiger partial charge on any atom is -0.508 e. The number of phenols is 1. The Hall–Kier alpha value is -3.10. The minimum absolute atomic E-state index is 0.340. The molecule has 3 aromatic carbocycles. The van der Waals surface area contributed by atoms with Gasteiger partial charge in [-0.05, 0) is 18.2 Å². The Morgan fingerprint density at radius 1 is 0.750 bits per heavy atom. The van der Waals surface area contributed by atoms with E-state index in [-0.39, 0.29) is 0 Å². The highest BCUT2D eigenvalue weighted by atomic mass is 16.5. The Labute approximate surface area is 214 Å². The summed E-state index contributed by atoms with van der Waals surface area (Å²) < 4.78 is 12.1. The molecule has 0 unspecified atom stereocenters. The van der Waals surface area contributed by atoms with E-state index in [1.165, 1.54) is 0 Å². The SMILES string of the molecule is Oc1ccccc1CNCCN1CCNCc2ccccc2OCCOc2ccccc2CNCC1. The standard InChI is InChI=1S/C29H38N4O3/c34-27-10-4-1-7-24(27)21-30-13-16-33-17-14-31-22-25-8-2-5-11-28(25)35-19-20-36-29-12-6-3-9-26(29)23-32-15-18-33/h1-12,30-32,34H,13-23H2. The van der Waals surface area contributed by atoms with E-state index >= 15 is 0 Å². The Morgan fingerprint density at radius 3 is 1.92 bits per heavy atom. The zero-order valence-corrected chi connectivity index (χ0v) is 20.9. The Balaban J connectivity index is 1.35. The maximum atomic E-state index is 9.99. The smallest absolute Gasteiger partial charge is 0.123 e. The van der Waals surface area contributed by atoms with Crippen LogP contribution in [0.3, 0.4) is 0 Å². The molecule has 1 aliphatic rings. The first kappa shape index (κ1) is 26.0. The highest BCUT2D eigenvalue weighted by molar-refractivity contribution is 5.34. The molecule has 0 amide bonds. The summed E-state index contributed by atoms with van der Waals surface area (Å²) in [7, 11) is 0. The first-order chi connectivity index (χ1) is 17.8. The van der Waals surface area contributed by atoms with Gasteiger partial charge >= 0.3 is 0 Å². The van der Waals surface area contributed by atoms with Gasteiger partial charge in [0.05, 0.1) is 0 Å². The van der Waals surface area contributed by atoms with Crippen molar-refractivity contribution in [1.82, 2.24) is 20.9 Å². The number of ether oxygens (including phenoxy) is 2. The number of benzene rings is 3. The molecule has 0 atom stereocenters. The third kappa shape index (κ3) is 8.24. The van der Waals surface area contributed by atoms with Crippen molar-refractivity contribution in [3.8, 4) is 17.2 Å².